The fourth-order valence-corrected chi connectivity index (χ4v) is 2.34. The Morgan fingerprint density at radius 3 is 1.29 bits per heavy atom. The molecule has 0 unspecified atom stereocenters. The molecule has 0 bridgehead atoms. The van der Waals surface area contributed by atoms with Crippen LogP contribution in [0.15, 0.2) is 84.2 Å². The lowest BCUT2D eigenvalue weighted by molar-refractivity contribution is -0.479. The van der Waals surface area contributed by atoms with Gasteiger partial charge in [-0.05, 0) is 25.0 Å². The molecule has 0 heterocycles. The van der Waals surface area contributed by atoms with Crippen molar-refractivity contribution in [2.45, 2.75) is 13.8 Å². The van der Waals surface area contributed by atoms with Crippen molar-refractivity contribution in [3.63, 3.8) is 0 Å². The van der Waals surface area contributed by atoms with Gasteiger partial charge in [0, 0.05) is 12.2 Å². The predicted octanol–water partition coefficient (Wildman–Crippen LogP) is 5.35. The van der Waals surface area contributed by atoms with E-state index in [0.29, 0.717) is 0 Å². The van der Waals surface area contributed by atoms with Gasteiger partial charge in [-0.3, -0.25) is 20.2 Å². The minimum Gasteiger partial charge on any atom is -0.258 e. The highest BCUT2D eigenvalue weighted by Crippen LogP contribution is 2.14. The summed E-state index contributed by atoms with van der Waals surface area (Å²) in [5.41, 5.74) is 2.71. The van der Waals surface area contributed by atoms with E-state index < -0.39 is 21.2 Å². The number of benzene rings is 2. The Bertz CT molecular complexity index is 885. The van der Waals surface area contributed by atoms with Crippen LogP contribution in [0.4, 0.5) is 0 Å². The first kappa shape index (κ1) is 20.5. The van der Waals surface area contributed by atoms with E-state index in [4.69, 9.17) is 0 Å². The van der Waals surface area contributed by atoms with Gasteiger partial charge in [0.2, 0.25) is 0 Å². The molecule has 0 aromatic heterocycles. The summed E-state index contributed by atoms with van der Waals surface area (Å²) < 4.78 is 0. The number of hydrogen-bond donors (Lipinski definition) is 0. The molecule has 0 aliphatic carbocycles. The van der Waals surface area contributed by atoms with Crippen LogP contribution in [0.1, 0.15) is 22.3 Å². The summed E-state index contributed by atoms with van der Waals surface area (Å²) in [5.74, 6) is 0. The fourth-order valence-electron chi connectivity index (χ4n) is 2.34. The summed E-state index contributed by atoms with van der Waals surface area (Å²) >= 11 is 0. The zero-order chi connectivity index (χ0) is 20.5. The molecule has 2 aromatic carbocycles. The standard InChI is InChI=1S/C22H20N2O4/c1-17-9-13-19(14-10-17)5-3-7-21(23(25)26)22(24(27)28)8-4-6-20-15-11-18(2)12-16-20/h3-16H,1-2H3/b5-3-,6-4+,21-7+,22-8+. The molecule has 6 heteroatoms. The Balaban J connectivity index is 2.27. The second kappa shape index (κ2) is 9.78. The van der Waals surface area contributed by atoms with E-state index in [0.717, 1.165) is 34.4 Å². The number of nitro groups is 2. The van der Waals surface area contributed by atoms with Crippen molar-refractivity contribution >= 4 is 12.2 Å². The molecule has 2 rings (SSSR count). The highest BCUT2D eigenvalue weighted by atomic mass is 16.6. The smallest absolute Gasteiger partial charge is 0.258 e. The summed E-state index contributed by atoms with van der Waals surface area (Å²) in [5, 5.41) is 22.7. The maximum Gasteiger partial charge on any atom is 0.346 e. The monoisotopic (exact) mass is 376 g/mol. The van der Waals surface area contributed by atoms with Gasteiger partial charge in [0.15, 0.2) is 0 Å². The van der Waals surface area contributed by atoms with E-state index in [-0.39, 0.29) is 0 Å². The number of rotatable bonds is 7. The molecule has 0 amide bonds. The fraction of sp³-hybridized carbons (Fsp3) is 0.0909. The van der Waals surface area contributed by atoms with Crippen LogP contribution in [0.2, 0.25) is 0 Å². The van der Waals surface area contributed by atoms with E-state index in [1.165, 1.54) is 12.2 Å². The lowest BCUT2D eigenvalue weighted by Gasteiger charge is -1.96. The molecule has 0 aliphatic rings. The van der Waals surface area contributed by atoms with Crippen LogP contribution < -0.4 is 0 Å². The molecule has 0 saturated carbocycles. The minimum absolute atomic E-state index is 0.582. The van der Waals surface area contributed by atoms with Gasteiger partial charge < -0.3 is 0 Å². The van der Waals surface area contributed by atoms with E-state index in [1.54, 1.807) is 12.2 Å². The first-order chi connectivity index (χ1) is 13.4. The van der Waals surface area contributed by atoms with E-state index in [9.17, 15) is 20.2 Å². The third kappa shape index (κ3) is 6.17. The largest absolute Gasteiger partial charge is 0.346 e. The van der Waals surface area contributed by atoms with Gasteiger partial charge in [0.05, 0.1) is 9.85 Å². The summed E-state index contributed by atoms with van der Waals surface area (Å²) in [6, 6.07) is 15.1. The van der Waals surface area contributed by atoms with Crippen molar-refractivity contribution in [3.8, 4) is 0 Å². The Morgan fingerprint density at radius 2 is 1.00 bits per heavy atom. The van der Waals surface area contributed by atoms with Crippen molar-refractivity contribution in [1.29, 1.82) is 0 Å². The molecule has 0 spiro atoms. The lowest BCUT2D eigenvalue weighted by atomic mass is 10.1. The average molecular weight is 376 g/mol. The second-order valence-corrected chi connectivity index (χ2v) is 6.16. The van der Waals surface area contributed by atoms with Crippen molar-refractivity contribution in [2.75, 3.05) is 0 Å². The van der Waals surface area contributed by atoms with Gasteiger partial charge in [-0.2, -0.15) is 0 Å². The zero-order valence-corrected chi connectivity index (χ0v) is 15.6. The maximum atomic E-state index is 11.3. The molecule has 0 saturated heterocycles. The van der Waals surface area contributed by atoms with E-state index in [1.807, 2.05) is 62.4 Å². The van der Waals surface area contributed by atoms with E-state index in [2.05, 4.69) is 0 Å². The molecular weight excluding hydrogens is 356 g/mol. The SMILES string of the molecule is Cc1ccc(\C=C/C=C(\C(=C/C=C/c2ccc(C)cc2)[N+](=O)[O-])[N+](=O)[O-])cc1. The van der Waals surface area contributed by atoms with Gasteiger partial charge in [-0.15, -0.1) is 0 Å². The molecule has 0 radical (unpaired) electrons. The maximum absolute atomic E-state index is 11.3. The number of aryl methyl sites for hydroxylation is 2. The van der Waals surface area contributed by atoms with Gasteiger partial charge in [-0.1, -0.05) is 84.0 Å². The average Bonchev–Trinajstić information content (AvgIpc) is 2.65. The highest BCUT2D eigenvalue weighted by Gasteiger charge is 2.27. The van der Waals surface area contributed by atoms with E-state index >= 15 is 0 Å². The first-order valence-corrected chi connectivity index (χ1v) is 8.56. The van der Waals surface area contributed by atoms with Crippen LogP contribution in [0.3, 0.4) is 0 Å². The molecule has 142 valence electrons. The zero-order valence-electron chi connectivity index (χ0n) is 15.6. The molecule has 28 heavy (non-hydrogen) atoms. The predicted molar refractivity (Wildman–Crippen MR) is 111 cm³/mol. The normalized spacial score (nSPS) is 12.6. The van der Waals surface area contributed by atoms with Gasteiger partial charge >= 0.3 is 11.4 Å². The van der Waals surface area contributed by atoms with Gasteiger partial charge in [0.1, 0.15) is 0 Å². The Hall–Kier alpha value is -3.80. The van der Waals surface area contributed by atoms with Crippen molar-refractivity contribution in [1.82, 2.24) is 0 Å². The lowest BCUT2D eigenvalue weighted by Crippen LogP contribution is -2.09. The molecule has 0 atom stereocenters. The van der Waals surface area contributed by atoms with Crippen molar-refractivity contribution in [2.24, 2.45) is 0 Å². The van der Waals surface area contributed by atoms with Gasteiger partial charge in [0.25, 0.3) is 0 Å². The quantitative estimate of drug-likeness (QED) is 0.370. The minimum atomic E-state index is -0.756. The molecule has 6 nitrogen and oxygen atoms in total. The van der Waals surface area contributed by atoms with Crippen LogP contribution in [0, 0.1) is 34.1 Å². The highest BCUT2D eigenvalue weighted by molar-refractivity contribution is 5.53. The second-order valence-electron chi connectivity index (χ2n) is 6.16. The van der Waals surface area contributed by atoms with Crippen LogP contribution in [-0.4, -0.2) is 9.85 Å². The number of nitrogens with zero attached hydrogens (tertiary/aromatic N) is 2. The topological polar surface area (TPSA) is 86.3 Å². The summed E-state index contributed by atoms with van der Waals surface area (Å²) in [6.45, 7) is 3.91. The first-order valence-electron chi connectivity index (χ1n) is 8.56. The van der Waals surface area contributed by atoms with Crippen LogP contribution in [0.5, 0.6) is 0 Å². The molecule has 0 fully saturated rings. The Morgan fingerprint density at radius 1 is 0.679 bits per heavy atom. The van der Waals surface area contributed by atoms with Gasteiger partial charge in [-0.25, -0.2) is 0 Å². The number of hydrogen-bond acceptors (Lipinski definition) is 4. The van der Waals surface area contributed by atoms with Crippen molar-refractivity contribution in [3.05, 3.63) is 127 Å². The molecule has 0 aliphatic heterocycles. The van der Waals surface area contributed by atoms with Crippen molar-refractivity contribution < 1.29 is 9.85 Å². The molecule has 2 aromatic rings. The van der Waals surface area contributed by atoms with Crippen LogP contribution in [0.25, 0.3) is 12.2 Å². The number of allylic oxidation sites excluding steroid dienone is 4. The third-order valence-electron chi connectivity index (χ3n) is 3.90. The third-order valence-corrected chi connectivity index (χ3v) is 3.90. The molecular formula is C22H20N2O4. The summed E-state index contributed by atoms with van der Waals surface area (Å²) in [4.78, 5) is 21.2. The van der Waals surface area contributed by atoms with Crippen LogP contribution >= 0.6 is 0 Å². The van der Waals surface area contributed by atoms with Crippen LogP contribution in [-0.2, 0) is 0 Å². The summed E-state index contributed by atoms with van der Waals surface area (Å²) in [7, 11) is 0. The molecule has 0 N–H and O–H groups in total. The Kier molecular flexibility index (Phi) is 7.16. The summed E-state index contributed by atoms with van der Waals surface area (Å²) in [6.07, 6.45) is 8.45. The Labute approximate surface area is 163 Å².